The molecular weight excluding hydrogens is 474 g/mol. The third kappa shape index (κ3) is 5.20. The van der Waals surface area contributed by atoms with E-state index in [0.717, 1.165) is 29.7 Å². The van der Waals surface area contributed by atoms with Gasteiger partial charge in [-0.15, -0.1) is 11.3 Å². The molecule has 1 aliphatic carbocycles. The Morgan fingerprint density at radius 3 is 2.39 bits per heavy atom. The number of hydrogen-bond acceptors (Lipinski definition) is 5. The summed E-state index contributed by atoms with van der Waals surface area (Å²) in [6.07, 6.45) is 7.87. The molecule has 2 N–H and O–H groups in total. The van der Waals surface area contributed by atoms with Crippen molar-refractivity contribution in [2.24, 2.45) is 5.92 Å². The highest BCUT2D eigenvalue weighted by Crippen LogP contribution is 2.37. The van der Waals surface area contributed by atoms with Crippen LogP contribution in [0.4, 0.5) is 0 Å². The summed E-state index contributed by atoms with van der Waals surface area (Å²) < 4.78 is 0. The number of amides is 2. The van der Waals surface area contributed by atoms with Gasteiger partial charge >= 0.3 is 5.97 Å². The van der Waals surface area contributed by atoms with Crippen molar-refractivity contribution in [2.75, 3.05) is 13.1 Å². The van der Waals surface area contributed by atoms with E-state index in [1.54, 1.807) is 6.07 Å². The molecule has 0 bridgehead atoms. The fraction of sp³-hybridized carbons (Fsp3) is 0.536. The number of rotatable bonds is 7. The van der Waals surface area contributed by atoms with Crippen molar-refractivity contribution in [3.63, 3.8) is 0 Å². The highest BCUT2D eigenvalue weighted by Gasteiger charge is 2.53. The van der Waals surface area contributed by atoms with Gasteiger partial charge in [0.15, 0.2) is 0 Å². The first-order valence-corrected chi connectivity index (χ1v) is 14.0. The molecule has 5 rings (SSSR count). The lowest BCUT2D eigenvalue weighted by atomic mass is 9.79. The molecular formula is C28H35N3O4S. The predicted octanol–water partition coefficient (Wildman–Crippen LogP) is 4.28. The van der Waals surface area contributed by atoms with Gasteiger partial charge in [0.25, 0.3) is 0 Å². The molecule has 3 aliphatic rings. The first-order chi connectivity index (χ1) is 17.4. The molecule has 2 amide bonds. The van der Waals surface area contributed by atoms with Crippen LogP contribution in [0, 0.1) is 5.92 Å². The van der Waals surface area contributed by atoms with Gasteiger partial charge in [-0.3, -0.25) is 14.5 Å². The van der Waals surface area contributed by atoms with Crippen molar-refractivity contribution in [1.29, 1.82) is 0 Å². The Balaban J connectivity index is 1.32. The Kier molecular flexibility index (Phi) is 7.44. The number of thiophene rings is 1. The van der Waals surface area contributed by atoms with E-state index in [4.69, 9.17) is 0 Å². The molecule has 2 aliphatic heterocycles. The number of benzene rings is 1. The molecule has 192 valence electrons. The Labute approximate surface area is 216 Å². The Morgan fingerprint density at radius 2 is 1.72 bits per heavy atom. The number of piperidine rings is 1. The zero-order chi connectivity index (χ0) is 25.1. The number of hydrogen-bond donors (Lipinski definition) is 2. The zero-order valence-corrected chi connectivity index (χ0v) is 21.5. The second kappa shape index (κ2) is 10.7. The standard InChI is InChI=1S/C28H35N3O4S/c32-25-23(17-20-7-3-1-4-8-20)29-27(35)28(31(25)18-21-9-5-2-6-10-21)13-15-30(16-14-28)19-22-11-12-24(36-22)26(33)34/h2,5-6,9-12,20,23H,1,3-4,7-8,13-19H2,(H,29,35)(H,33,34). The normalized spacial score (nSPS) is 23.1. The maximum Gasteiger partial charge on any atom is 0.345 e. The van der Waals surface area contributed by atoms with Gasteiger partial charge in [-0.25, -0.2) is 4.79 Å². The summed E-state index contributed by atoms with van der Waals surface area (Å²) in [5.74, 6) is -0.353. The van der Waals surface area contributed by atoms with Gasteiger partial charge in [0.1, 0.15) is 16.5 Å². The fourth-order valence-electron chi connectivity index (χ4n) is 6.16. The molecule has 0 radical (unpaired) electrons. The maximum atomic E-state index is 13.9. The van der Waals surface area contributed by atoms with Gasteiger partial charge in [-0.2, -0.15) is 0 Å². The van der Waals surface area contributed by atoms with Crippen LogP contribution in [0.15, 0.2) is 42.5 Å². The number of nitrogens with one attached hydrogen (secondary N) is 1. The maximum absolute atomic E-state index is 13.9. The van der Waals surface area contributed by atoms with Crippen LogP contribution in [-0.4, -0.2) is 57.4 Å². The molecule has 1 atom stereocenters. The van der Waals surface area contributed by atoms with Gasteiger partial charge in [-0.05, 0) is 42.9 Å². The van der Waals surface area contributed by atoms with E-state index in [0.29, 0.717) is 49.8 Å². The molecule has 2 saturated heterocycles. The van der Waals surface area contributed by atoms with E-state index in [9.17, 15) is 19.5 Å². The van der Waals surface area contributed by atoms with Crippen molar-refractivity contribution in [1.82, 2.24) is 15.1 Å². The average molecular weight is 510 g/mol. The van der Waals surface area contributed by atoms with E-state index in [1.165, 1.54) is 30.6 Å². The molecule has 7 nitrogen and oxygen atoms in total. The summed E-state index contributed by atoms with van der Waals surface area (Å²) >= 11 is 1.30. The molecule has 1 aromatic heterocycles. The fourth-order valence-corrected chi connectivity index (χ4v) is 7.05. The number of carboxylic acids is 1. The summed E-state index contributed by atoms with van der Waals surface area (Å²) in [7, 11) is 0. The lowest BCUT2D eigenvalue weighted by Crippen LogP contribution is -2.72. The largest absolute Gasteiger partial charge is 0.477 e. The summed E-state index contributed by atoms with van der Waals surface area (Å²) in [6.45, 7) is 2.47. The molecule has 36 heavy (non-hydrogen) atoms. The quantitative estimate of drug-likeness (QED) is 0.582. The van der Waals surface area contributed by atoms with E-state index >= 15 is 0 Å². The Hall–Kier alpha value is -2.71. The van der Waals surface area contributed by atoms with Crippen LogP contribution in [0.1, 0.15) is 71.5 Å². The summed E-state index contributed by atoms with van der Waals surface area (Å²) in [5.41, 5.74) is 0.201. The highest BCUT2D eigenvalue weighted by atomic mass is 32.1. The number of carbonyl (C=O) groups excluding carboxylic acids is 2. The SMILES string of the molecule is O=C(O)c1ccc(CN2CCC3(CC2)C(=O)NC(CC2CCCCC2)C(=O)N3Cc2ccccc2)s1. The van der Waals surface area contributed by atoms with E-state index in [1.807, 2.05) is 41.3 Å². The van der Waals surface area contributed by atoms with Gasteiger partial charge in [-0.1, -0.05) is 62.4 Å². The molecule has 1 saturated carbocycles. The summed E-state index contributed by atoms with van der Waals surface area (Å²) in [4.78, 5) is 44.4. The molecule has 1 unspecified atom stereocenters. The topological polar surface area (TPSA) is 90.0 Å². The van der Waals surface area contributed by atoms with Gasteiger partial charge in [0.05, 0.1) is 0 Å². The third-order valence-electron chi connectivity index (χ3n) is 8.22. The van der Waals surface area contributed by atoms with Crippen molar-refractivity contribution in [3.8, 4) is 0 Å². The summed E-state index contributed by atoms with van der Waals surface area (Å²) in [5, 5.41) is 12.4. The second-order valence-corrected chi connectivity index (χ2v) is 11.7. The Morgan fingerprint density at radius 1 is 1.00 bits per heavy atom. The van der Waals surface area contributed by atoms with Crippen LogP contribution in [0.2, 0.25) is 0 Å². The van der Waals surface area contributed by atoms with Crippen LogP contribution in [0.5, 0.6) is 0 Å². The first-order valence-electron chi connectivity index (χ1n) is 13.2. The van der Waals surface area contributed by atoms with Crippen molar-refractivity contribution in [3.05, 3.63) is 57.8 Å². The minimum absolute atomic E-state index is 0.0113. The number of carboxylic acid groups (broad SMARTS) is 1. The molecule has 2 aromatic rings. The number of nitrogens with zero attached hydrogens (tertiary/aromatic N) is 2. The molecule has 1 aromatic carbocycles. The number of piperazine rings is 1. The van der Waals surface area contributed by atoms with Crippen LogP contribution >= 0.6 is 11.3 Å². The summed E-state index contributed by atoms with van der Waals surface area (Å²) in [6, 6.07) is 13.0. The number of aromatic carboxylic acids is 1. The third-order valence-corrected chi connectivity index (χ3v) is 9.28. The smallest absolute Gasteiger partial charge is 0.345 e. The second-order valence-electron chi connectivity index (χ2n) is 10.6. The van der Waals surface area contributed by atoms with E-state index in [2.05, 4.69) is 10.2 Å². The van der Waals surface area contributed by atoms with Gasteiger partial charge in [0.2, 0.25) is 11.8 Å². The Bertz CT molecular complexity index is 1090. The van der Waals surface area contributed by atoms with Crippen LogP contribution < -0.4 is 5.32 Å². The number of likely N-dealkylation sites (tertiary alicyclic amines) is 1. The van der Waals surface area contributed by atoms with E-state index in [-0.39, 0.29) is 11.8 Å². The first kappa shape index (κ1) is 25.0. The van der Waals surface area contributed by atoms with Crippen LogP contribution in [0.3, 0.4) is 0 Å². The van der Waals surface area contributed by atoms with Gasteiger partial charge in [0, 0.05) is 31.1 Å². The molecule has 1 spiro atoms. The van der Waals surface area contributed by atoms with Crippen LogP contribution in [-0.2, 0) is 22.7 Å². The van der Waals surface area contributed by atoms with Gasteiger partial charge < -0.3 is 15.3 Å². The number of carbonyl (C=O) groups is 3. The lowest BCUT2D eigenvalue weighted by Gasteiger charge is -2.52. The van der Waals surface area contributed by atoms with Crippen molar-refractivity contribution in [2.45, 2.75) is 76.0 Å². The molecule has 3 heterocycles. The molecule has 8 heteroatoms. The monoisotopic (exact) mass is 509 g/mol. The lowest BCUT2D eigenvalue weighted by molar-refractivity contribution is -0.163. The highest BCUT2D eigenvalue weighted by molar-refractivity contribution is 7.13. The van der Waals surface area contributed by atoms with E-state index < -0.39 is 17.6 Å². The average Bonchev–Trinajstić information content (AvgIpc) is 3.37. The predicted molar refractivity (Wildman–Crippen MR) is 139 cm³/mol. The minimum Gasteiger partial charge on any atom is -0.477 e. The molecule has 3 fully saturated rings. The zero-order valence-electron chi connectivity index (χ0n) is 20.7. The van der Waals surface area contributed by atoms with Crippen molar-refractivity contribution >= 4 is 29.1 Å². The van der Waals surface area contributed by atoms with Crippen molar-refractivity contribution < 1.29 is 19.5 Å². The minimum atomic E-state index is -0.902. The van der Waals surface area contributed by atoms with Crippen LogP contribution in [0.25, 0.3) is 0 Å².